The summed E-state index contributed by atoms with van der Waals surface area (Å²) in [5.74, 6) is 0. The summed E-state index contributed by atoms with van der Waals surface area (Å²) in [7, 11) is 2.07. The molecule has 1 radical (unpaired) electrons. The average molecular weight is 198 g/mol. The third kappa shape index (κ3) is 3.02. The molecule has 77 valence electrons. The fourth-order valence-electron chi connectivity index (χ4n) is 1.52. The van der Waals surface area contributed by atoms with Crippen molar-refractivity contribution in [2.75, 3.05) is 4.81 Å². The molecule has 1 aromatic rings. The summed E-state index contributed by atoms with van der Waals surface area (Å²) in [5, 5.41) is 0. The lowest BCUT2D eigenvalue weighted by atomic mass is 9.93. The molecule has 0 aliphatic rings. The van der Waals surface area contributed by atoms with E-state index in [2.05, 4.69) is 61.6 Å². The van der Waals surface area contributed by atoms with E-state index in [1.807, 2.05) is 19.8 Å². The number of para-hydroxylation sites is 1. The highest BCUT2D eigenvalue weighted by atomic mass is 15.1. The Balaban J connectivity index is 2.98. The van der Waals surface area contributed by atoms with Crippen molar-refractivity contribution in [1.82, 2.24) is 0 Å². The maximum Gasteiger partial charge on any atom is 0.249 e. The van der Waals surface area contributed by atoms with E-state index in [1.165, 1.54) is 11.4 Å². The normalized spacial score (nSPS) is 11.8. The van der Waals surface area contributed by atoms with E-state index in [1.54, 1.807) is 0 Å². The zero-order valence-electron chi connectivity index (χ0n) is 9.64. The van der Waals surface area contributed by atoms with E-state index in [0.717, 1.165) is 0 Å². The summed E-state index contributed by atoms with van der Waals surface area (Å²) in [6.07, 6.45) is 6.26. The zero-order chi connectivity index (χ0) is 11.1. The van der Waals surface area contributed by atoms with E-state index >= 15 is 0 Å². The van der Waals surface area contributed by atoms with Gasteiger partial charge in [-0.15, -0.1) is 0 Å². The van der Waals surface area contributed by atoms with Gasteiger partial charge in [0.1, 0.15) is 0 Å². The van der Waals surface area contributed by atoms with Crippen LogP contribution in [-0.4, -0.2) is 7.41 Å². The molecule has 1 nitrogen and oxygen atoms in total. The van der Waals surface area contributed by atoms with E-state index in [4.69, 9.17) is 0 Å². The van der Waals surface area contributed by atoms with E-state index in [-0.39, 0.29) is 0 Å². The number of allylic oxidation sites excluding steroid dienone is 3. The largest absolute Gasteiger partial charge is 0.392 e. The topological polar surface area (TPSA) is 3.24 Å². The van der Waals surface area contributed by atoms with Crippen LogP contribution in [0.25, 0.3) is 0 Å². The summed E-state index contributed by atoms with van der Waals surface area (Å²) in [4.78, 5) is 2.17. The standard InChI is InChI=1S/C13H17BN/c1-4-9-12(5-2)15(14-3)13-10-7-6-8-11-13/h4-11H,1-3H3/b9-4-,12-5+. The minimum Gasteiger partial charge on any atom is -0.392 e. The summed E-state index contributed by atoms with van der Waals surface area (Å²) < 4.78 is 0. The van der Waals surface area contributed by atoms with Crippen LogP contribution in [0.1, 0.15) is 13.8 Å². The Bertz CT molecular complexity index is 341. The SMILES string of the molecule is C[B]N(C(/C=C\C)=C/C)c1ccccc1. The lowest BCUT2D eigenvalue weighted by molar-refractivity contribution is 1.29. The molecule has 0 aromatic heterocycles. The molecule has 0 aliphatic carbocycles. The van der Waals surface area contributed by atoms with Gasteiger partial charge in [-0.2, -0.15) is 0 Å². The number of benzene rings is 1. The Morgan fingerprint density at radius 2 is 1.87 bits per heavy atom. The van der Waals surface area contributed by atoms with Crippen molar-refractivity contribution in [3.63, 3.8) is 0 Å². The molecule has 0 heterocycles. The Morgan fingerprint density at radius 3 is 2.33 bits per heavy atom. The molecular formula is C13H17BN. The molecule has 0 saturated carbocycles. The van der Waals surface area contributed by atoms with Gasteiger partial charge >= 0.3 is 0 Å². The van der Waals surface area contributed by atoms with Crippen LogP contribution in [0.5, 0.6) is 0 Å². The van der Waals surface area contributed by atoms with Gasteiger partial charge < -0.3 is 4.81 Å². The van der Waals surface area contributed by atoms with Gasteiger partial charge in [-0.05, 0) is 32.1 Å². The average Bonchev–Trinajstić information content (AvgIpc) is 2.30. The molecule has 0 fully saturated rings. The third-order valence-electron chi connectivity index (χ3n) is 2.20. The van der Waals surface area contributed by atoms with E-state index < -0.39 is 0 Å². The van der Waals surface area contributed by atoms with Crippen molar-refractivity contribution in [3.8, 4) is 0 Å². The first-order chi connectivity index (χ1) is 7.33. The first kappa shape index (κ1) is 11.6. The van der Waals surface area contributed by atoms with Crippen LogP contribution in [0.3, 0.4) is 0 Å². The van der Waals surface area contributed by atoms with Crippen molar-refractivity contribution in [3.05, 3.63) is 54.3 Å². The van der Waals surface area contributed by atoms with Gasteiger partial charge in [0.15, 0.2) is 0 Å². The van der Waals surface area contributed by atoms with Crippen molar-refractivity contribution >= 4 is 13.1 Å². The minimum atomic E-state index is 1.19. The number of hydrogen-bond acceptors (Lipinski definition) is 1. The van der Waals surface area contributed by atoms with Gasteiger partial charge in [-0.25, -0.2) is 0 Å². The number of nitrogens with zero attached hydrogens (tertiary/aromatic N) is 1. The van der Waals surface area contributed by atoms with Gasteiger partial charge in [-0.1, -0.05) is 37.2 Å². The molecular weight excluding hydrogens is 181 g/mol. The lowest BCUT2D eigenvalue weighted by Gasteiger charge is -2.24. The van der Waals surface area contributed by atoms with Crippen LogP contribution >= 0.6 is 0 Å². The molecule has 0 unspecified atom stereocenters. The van der Waals surface area contributed by atoms with Crippen LogP contribution in [0.15, 0.2) is 54.3 Å². The van der Waals surface area contributed by atoms with Crippen LogP contribution < -0.4 is 4.81 Å². The first-order valence-electron chi connectivity index (χ1n) is 5.26. The molecule has 0 N–H and O–H groups in total. The Kier molecular flexibility index (Phi) is 4.75. The quantitative estimate of drug-likeness (QED) is 0.527. The molecule has 2 heteroatoms. The smallest absolute Gasteiger partial charge is 0.249 e. The second-order valence-electron chi connectivity index (χ2n) is 3.18. The van der Waals surface area contributed by atoms with Gasteiger partial charge in [0, 0.05) is 11.4 Å². The molecule has 0 saturated heterocycles. The van der Waals surface area contributed by atoms with Crippen LogP contribution in [0, 0.1) is 0 Å². The van der Waals surface area contributed by atoms with Crippen molar-refractivity contribution < 1.29 is 0 Å². The summed E-state index contributed by atoms with van der Waals surface area (Å²) >= 11 is 0. The number of rotatable bonds is 4. The molecule has 0 spiro atoms. The predicted molar refractivity (Wildman–Crippen MR) is 69.1 cm³/mol. The van der Waals surface area contributed by atoms with E-state index in [9.17, 15) is 0 Å². The van der Waals surface area contributed by atoms with Gasteiger partial charge in [0.05, 0.1) is 0 Å². The monoisotopic (exact) mass is 198 g/mol. The van der Waals surface area contributed by atoms with Crippen LogP contribution in [0.4, 0.5) is 5.69 Å². The molecule has 15 heavy (non-hydrogen) atoms. The molecule has 0 atom stereocenters. The number of hydrogen-bond donors (Lipinski definition) is 0. The van der Waals surface area contributed by atoms with Gasteiger partial charge in [-0.3, -0.25) is 0 Å². The highest BCUT2D eigenvalue weighted by molar-refractivity contribution is 6.41. The van der Waals surface area contributed by atoms with Gasteiger partial charge in [0.25, 0.3) is 0 Å². The van der Waals surface area contributed by atoms with Crippen molar-refractivity contribution in [2.24, 2.45) is 0 Å². The summed E-state index contributed by atoms with van der Waals surface area (Å²) in [6.45, 7) is 6.12. The zero-order valence-corrected chi connectivity index (χ0v) is 9.64. The van der Waals surface area contributed by atoms with Gasteiger partial charge in [0.2, 0.25) is 7.41 Å². The van der Waals surface area contributed by atoms with Crippen molar-refractivity contribution in [2.45, 2.75) is 20.7 Å². The maximum atomic E-state index is 2.17. The Morgan fingerprint density at radius 1 is 1.20 bits per heavy atom. The highest BCUT2D eigenvalue weighted by Gasteiger charge is 2.06. The molecule has 0 bridgehead atoms. The molecule has 1 rings (SSSR count). The number of anilines is 1. The maximum absolute atomic E-state index is 2.17. The fraction of sp³-hybridized carbons (Fsp3) is 0.231. The van der Waals surface area contributed by atoms with Crippen LogP contribution in [0.2, 0.25) is 6.82 Å². The van der Waals surface area contributed by atoms with Crippen molar-refractivity contribution in [1.29, 1.82) is 0 Å². The molecule has 0 amide bonds. The highest BCUT2D eigenvalue weighted by Crippen LogP contribution is 2.18. The predicted octanol–water partition coefficient (Wildman–Crippen LogP) is 3.64. The Hall–Kier alpha value is -1.44. The third-order valence-corrected chi connectivity index (χ3v) is 2.20. The van der Waals surface area contributed by atoms with Crippen LogP contribution in [-0.2, 0) is 0 Å². The molecule has 0 aliphatic heterocycles. The second kappa shape index (κ2) is 6.12. The Labute approximate surface area is 93.4 Å². The van der Waals surface area contributed by atoms with E-state index in [0.29, 0.717) is 0 Å². The molecule has 1 aromatic carbocycles. The first-order valence-corrected chi connectivity index (χ1v) is 5.26. The summed E-state index contributed by atoms with van der Waals surface area (Å²) in [5.41, 5.74) is 2.37. The summed E-state index contributed by atoms with van der Waals surface area (Å²) in [6, 6.07) is 10.3. The minimum absolute atomic E-state index is 1.19. The second-order valence-corrected chi connectivity index (χ2v) is 3.18. The lowest BCUT2D eigenvalue weighted by Crippen LogP contribution is -2.23. The fourth-order valence-corrected chi connectivity index (χ4v) is 1.52.